The average Bonchev–Trinajstić information content (AvgIpc) is 1.46. The molecule has 0 saturated heterocycles. The molecule has 102 heavy (non-hydrogen) atoms. The fourth-order valence-electron chi connectivity index (χ4n) is 15.6. The highest BCUT2D eigenvalue weighted by atomic mass is 15.1. The molecule has 7 heteroatoms. The first-order valence-electron chi connectivity index (χ1n) is 36.5. The van der Waals surface area contributed by atoms with Crippen LogP contribution >= 0.6 is 0 Å². The van der Waals surface area contributed by atoms with Crippen LogP contribution in [0.3, 0.4) is 0 Å². The van der Waals surface area contributed by atoms with E-state index in [2.05, 4.69) is 347 Å². The summed E-state index contributed by atoms with van der Waals surface area (Å²) >= 11 is 0. The first-order valence-corrected chi connectivity index (χ1v) is 36.5. The summed E-state index contributed by atoms with van der Waals surface area (Å²) in [5.74, 6) is 0. The van der Waals surface area contributed by atoms with Gasteiger partial charge >= 0.3 is 0 Å². The zero-order valence-electron chi connectivity index (χ0n) is 64.7. The second-order valence-corrected chi connectivity index (χ2v) is 37.4. The molecular formula is C95H99N7. The summed E-state index contributed by atoms with van der Waals surface area (Å²) in [6.07, 6.45) is 0. The molecule has 7 nitrogen and oxygen atoms in total. The van der Waals surface area contributed by atoms with Gasteiger partial charge in [0.05, 0.1) is 79.5 Å². The molecule has 0 N–H and O–H groups in total. The number of nitrogens with zero attached hydrogens (tertiary/aromatic N) is 7. The third-order valence-electron chi connectivity index (χ3n) is 21.9. The molecule has 0 amide bonds. The zero-order chi connectivity index (χ0) is 73.6. The second-order valence-electron chi connectivity index (χ2n) is 37.4. The highest BCUT2D eigenvalue weighted by Crippen LogP contribution is 2.54. The molecule has 0 radical (unpaired) electrons. The van der Waals surface area contributed by atoms with Gasteiger partial charge < -0.3 is 18.3 Å². The molecule has 0 saturated carbocycles. The largest absolute Gasteiger partial charge is 0.306 e. The van der Waals surface area contributed by atoms with Crippen molar-refractivity contribution < 1.29 is 0 Å². The lowest BCUT2D eigenvalue weighted by molar-refractivity contribution is 0.590. The van der Waals surface area contributed by atoms with Gasteiger partial charge in [0, 0.05) is 54.2 Å². The van der Waals surface area contributed by atoms with Gasteiger partial charge in [0.15, 0.2) is 5.69 Å². The van der Waals surface area contributed by atoms with Crippen molar-refractivity contribution in [1.82, 2.24) is 18.3 Å². The van der Waals surface area contributed by atoms with E-state index in [-0.39, 0.29) is 43.3 Å². The summed E-state index contributed by atoms with van der Waals surface area (Å²) in [6, 6.07) is 67.4. The predicted molar refractivity (Wildman–Crippen MR) is 435 cm³/mol. The van der Waals surface area contributed by atoms with Crippen LogP contribution in [0.4, 0.5) is 5.69 Å². The van der Waals surface area contributed by atoms with Crippen molar-refractivity contribution in [2.75, 3.05) is 0 Å². The predicted octanol–water partition coefficient (Wildman–Crippen LogP) is 26.4. The van der Waals surface area contributed by atoms with E-state index in [9.17, 15) is 10.5 Å². The Morgan fingerprint density at radius 1 is 0.265 bits per heavy atom. The molecule has 0 aliphatic heterocycles. The molecule has 0 bridgehead atoms. The monoisotopic (exact) mass is 1340 g/mol. The van der Waals surface area contributed by atoms with Crippen LogP contribution < -0.4 is 0 Å². The smallest absolute Gasteiger partial charge is 0.189 e. The minimum absolute atomic E-state index is 0.206. The zero-order valence-corrected chi connectivity index (χ0v) is 64.7. The Bertz CT molecular complexity index is 5390. The van der Waals surface area contributed by atoms with Gasteiger partial charge in [-0.1, -0.05) is 215 Å². The Morgan fingerprint density at radius 2 is 0.471 bits per heavy atom. The topological polar surface area (TPSA) is 71.7 Å². The van der Waals surface area contributed by atoms with E-state index in [4.69, 9.17) is 6.57 Å². The minimum atomic E-state index is -0.210. The van der Waals surface area contributed by atoms with E-state index < -0.39 is 0 Å². The van der Waals surface area contributed by atoms with E-state index in [1.165, 1.54) is 44.5 Å². The SMILES string of the molecule is [C-]#[N+]c1cc(C#N)cc(-c2c(-n3c4ccc(C(C)(C)C)cc4c4cc(C(C)(C)C)ccc43)c(-n3c4ccc(C(C)(C)C)cc4c4cc(C(C)(C)C)ccc43)c(C#N)c(-n3c4ccc(C(C)(C)C)cc4c4cc(C(C)(C)C)ccc43)c2-n2c3ccc(C(C)(C)C)cc3c3cc(C(C)(C)C)ccc32)c1. The van der Waals surface area contributed by atoms with Crippen LogP contribution in [-0.4, -0.2) is 18.3 Å². The first kappa shape index (κ1) is 69.0. The van der Waals surface area contributed by atoms with E-state index in [1.807, 2.05) is 12.1 Å². The van der Waals surface area contributed by atoms with E-state index >= 15 is 0 Å². The maximum absolute atomic E-state index is 13.7. The molecule has 0 unspecified atom stereocenters. The number of rotatable bonds is 5. The summed E-state index contributed by atoms with van der Waals surface area (Å²) in [4.78, 5) is 4.26. The van der Waals surface area contributed by atoms with Crippen molar-refractivity contribution in [3.63, 3.8) is 0 Å². The van der Waals surface area contributed by atoms with Gasteiger partial charge in [0.2, 0.25) is 0 Å². The number of benzene rings is 10. The molecule has 0 fully saturated rings. The van der Waals surface area contributed by atoms with Gasteiger partial charge in [0.1, 0.15) is 11.6 Å². The maximum Gasteiger partial charge on any atom is 0.189 e. The molecule has 0 aliphatic rings. The van der Waals surface area contributed by atoms with E-state index in [0.717, 1.165) is 104 Å². The van der Waals surface area contributed by atoms with Gasteiger partial charge in [-0.3, -0.25) is 0 Å². The van der Waals surface area contributed by atoms with Crippen molar-refractivity contribution in [2.24, 2.45) is 0 Å². The van der Waals surface area contributed by atoms with Crippen LogP contribution in [0.1, 0.15) is 222 Å². The fourth-order valence-corrected chi connectivity index (χ4v) is 15.6. The number of nitriles is 2. The third kappa shape index (κ3) is 11.2. The number of fused-ring (bicyclic) bond motifs is 12. The minimum Gasteiger partial charge on any atom is -0.306 e. The average molecular weight is 1340 g/mol. The Morgan fingerprint density at radius 3 is 0.647 bits per heavy atom. The Kier molecular flexibility index (Phi) is 15.5. The summed E-state index contributed by atoms with van der Waals surface area (Å²) in [5, 5.41) is 33.9. The summed E-state index contributed by atoms with van der Waals surface area (Å²) in [5.41, 5.74) is 20.9. The lowest BCUT2D eigenvalue weighted by atomic mass is 9.85. The van der Waals surface area contributed by atoms with Crippen molar-refractivity contribution >= 4 is 92.9 Å². The molecule has 4 aromatic heterocycles. The van der Waals surface area contributed by atoms with Gasteiger partial charge in [-0.2, -0.15) is 10.5 Å². The lowest BCUT2D eigenvalue weighted by Gasteiger charge is -2.30. The van der Waals surface area contributed by atoms with E-state index in [1.54, 1.807) is 6.07 Å². The van der Waals surface area contributed by atoms with Crippen molar-refractivity contribution in [1.29, 1.82) is 10.5 Å². The van der Waals surface area contributed by atoms with Crippen molar-refractivity contribution in [3.8, 4) is 46.0 Å². The standard InChI is InChI=1S/C95H99N7/c1-88(2,3)57-26-34-75-66(45-57)67-46-58(89(4,5)6)27-35-76(67)99(75)84-74(54-97)85(100-77-36-28-59(90(7,8)9)47-68(77)69-48-60(91(10,11)12)29-37-78(69)100)87(102-81-40-32-63(94(19,20)21)51-72(81)73-52-64(95(22,23)24)33-41-82(73)102)83(56-42-55(53-96)43-65(44-56)98-25)86(84)101-79-38-30-61(92(13,14)15)49-70(79)71-50-62(93(16,17)18)31-39-80(71)101/h26-52H,1-24H3. The van der Waals surface area contributed by atoms with E-state index in [0.29, 0.717) is 33.8 Å². The molecule has 14 rings (SSSR count). The molecule has 514 valence electrons. The summed E-state index contributed by atoms with van der Waals surface area (Å²) in [6.45, 7) is 63.8. The normalized spacial score (nSPS) is 13.3. The Hall–Kier alpha value is -10.1. The molecule has 10 aromatic carbocycles. The molecule has 14 aromatic rings. The summed E-state index contributed by atoms with van der Waals surface area (Å²) in [7, 11) is 0. The third-order valence-corrected chi connectivity index (χ3v) is 21.9. The van der Waals surface area contributed by atoms with Crippen LogP contribution in [0.15, 0.2) is 164 Å². The van der Waals surface area contributed by atoms with Crippen molar-refractivity contribution in [2.45, 2.75) is 209 Å². The Balaban J connectivity index is 1.39. The first-order chi connectivity index (χ1) is 47.5. The lowest BCUT2D eigenvalue weighted by Crippen LogP contribution is -2.17. The van der Waals surface area contributed by atoms with Crippen molar-refractivity contribution in [3.05, 3.63) is 231 Å². The number of hydrogen-bond donors (Lipinski definition) is 0. The molecule has 4 heterocycles. The molecule has 0 spiro atoms. The highest BCUT2D eigenvalue weighted by molar-refractivity contribution is 6.18. The van der Waals surface area contributed by atoms with Crippen LogP contribution in [-0.2, 0) is 43.3 Å². The highest BCUT2D eigenvalue weighted by Gasteiger charge is 2.38. The maximum atomic E-state index is 13.7. The molecule has 0 atom stereocenters. The van der Waals surface area contributed by atoms with Crippen LogP contribution in [0.2, 0.25) is 0 Å². The second kappa shape index (κ2) is 22.9. The quantitative estimate of drug-likeness (QED) is 0.161. The molecule has 0 aliphatic carbocycles. The van der Waals surface area contributed by atoms with Crippen LogP contribution in [0, 0.1) is 29.2 Å². The van der Waals surface area contributed by atoms with Gasteiger partial charge in [-0.25, -0.2) is 4.85 Å². The van der Waals surface area contributed by atoms with Gasteiger partial charge in [-0.15, -0.1) is 0 Å². The van der Waals surface area contributed by atoms with Gasteiger partial charge in [0.25, 0.3) is 0 Å². The van der Waals surface area contributed by atoms with Gasteiger partial charge in [-0.05, 0) is 209 Å². The number of hydrogen-bond acceptors (Lipinski definition) is 2. The summed E-state index contributed by atoms with van der Waals surface area (Å²) < 4.78 is 9.76. The number of aromatic nitrogens is 4. The van der Waals surface area contributed by atoms with Crippen LogP contribution in [0.25, 0.3) is 126 Å². The fraction of sp³-hybridized carbons (Fsp3) is 0.337. The van der Waals surface area contributed by atoms with Crippen LogP contribution in [0.5, 0.6) is 0 Å². The molecular weight excluding hydrogens is 1240 g/mol. The Labute approximate surface area is 604 Å².